The standard InChI is InChI=1S/C26H27ClN4/c1-18-13-19(2)16-30(15-18)17-21-14-23-24(20-9-5-3-6-10-20)29-31(26(23)28-25(21)27)22-11-7-4-8-12-22/h3-12,14,18-19H,13,15-17H2,1-2H3/t18-,19-/m0/s1. The van der Waals surface area contributed by atoms with Crippen LogP contribution >= 0.6 is 11.6 Å². The van der Waals surface area contributed by atoms with E-state index in [2.05, 4.69) is 36.9 Å². The molecular weight excluding hydrogens is 404 g/mol. The summed E-state index contributed by atoms with van der Waals surface area (Å²) in [5.74, 6) is 1.42. The summed E-state index contributed by atoms with van der Waals surface area (Å²) in [6, 6.07) is 22.6. The molecule has 5 heteroatoms. The number of pyridine rings is 1. The topological polar surface area (TPSA) is 34.0 Å². The molecule has 0 saturated carbocycles. The van der Waals surface area contributed by atoms with Gasteiger partial charge in [-0.05, 0) is 36.5 Å². The van der Waals surface area contributed by atoms with E-state index in [1.165, 1.54) is 6.42 Å². The molecular formula is C26H27ClN4. The van der Waals surface area contributed by atoms with E-state index in [9.17, 15) is 0 Å². The number of halogens is 1. The molecule has 31 heavy (non-hydrogen) atoms. The Bertz CT molecular complexity index is 1180. The third-order valence-electron chi connectivity index (χ3n) is 6.07. The molecule has 1 fully saturated rings. The van der Waals surface area contributed by atoms with Gasteiger partial charge in [-0.25, -0.2) is 9.67 Å². The summed E-state index contributed by atoms with van der Waals surface area (Å²) in [4.78, 5) is 7.35. The minimum atomic E-state index is 0.565. The maximum atomic E-state index is 6.73. The zero-order valence-electron chi connectivity index (χ0n) is 18.0. The molecule has 0 spiro atoms. The fourth-order valence-electron chi connectivity index (χ4n) is 4.89. The highest BCUT2D eigenvalue weighted by Gasteiger charge is 2.24. The van der Waals surface area contributed by atoms with Gasteiger partial charge in [-0.1, -0.05) is 74.0 Å². The van der Waals surface area contributed by atoms with Gasteiger partial charge in [-0.2, -0.15) is 5.10 Å². The molecule has 4 aromatic rings. The van der Waals surface area contributed by atoms with Crippen molar-refractivity contribution in [2.24, 2.45) is 11.8 Å². The summed E-state index contributed by atoms with van der Waals surface area (Å²) >= 11 is 6.73. The van der Waals surface area contributed by atoms with Gasteiger partial charge in [-0.3, -0.25) is 4.90 Å². The molecule has 2 atom stereocenters. The van der Waals surface area contributed by atoms with Gasteiger partial charge in [0.15, 0.2) is 5.65 Å². The lowest BCUT2D eigenvalue weighted by molar-refractivity contribution is 0.134. The SMILES string of the molecule is C[C@H]1C[C@H](C)CN(Cc2cc3c(-c4ccccc4)nn(-c4ccccc4)c3nc2Cl)C1. The van der Waals surface area contributed by atoms with E-state index >= 15 is 0 Å². The Kier molecular flexibility index (Phi) is 5.51. The van der Waals surface area contributed by atoms with Crippen molar-refractivity contribution >= 4 is 22.6 Å². The summed E-state index contributed by atoms with van der Waals surface area (Å²) in [6.45, 7) is 7.70. The van der Waals surface area contributed by atoms with Crippen LogP contribution in [0, 0.1) is 11.8 Å². The second-order valence-electron chi connectivity index (χ2n) is 8.91. The predicted molar refractivity (Wildman–Crippen MR) is 128 cm³/mol. The van der Waals surface area contributed by atoms with Crippen LogP contribution in [-0.4, -0.2) is 32.8 Å². The van der Waals surface area contributed by atoms with Gasteiger partial charge >= 0.3 is 0 Å². The van der Waals surface area contributed by atoms with Crippen LogP contribution in [0.15, 0.2) is 66.7 Å². The first-order chi connectivity index (χ1) is 15.1. The molecule has 0 amide bonds. The van der Waals surface area contributed by atoms with E-state index in [1.54, 1.807) is 0 Å². The summed E-state index contributed by atoms with van der Waals surface area (Å²) in [6.07, 6.45) is 1.30. The fourth-order valence-corrected chi connectivity index (χ4v) is 5.09. The molecule has 4 nitrogen and oxygen atoms in total. The quantitative estimate of drug-likeness (QED) is 0.360. The predicted octanol–water partition coefficient (Wildman–Crippen LogP) is 6.22. The van der Waals surface area contributed by atoms with Crippen LogP contribution in [0.2, 0.25) is 5.15 Å². The number of hydrogen-bond donors (Lipinski definition) is 0. The molecule has 1 saturated heterocycles. The minimum Gasteiger partial charge on any atom is -0.298 e. The van der Waals surface area contributed by atoms with E-state index in [0.29, 0.717) is 17.0 Å². The Morgan fingerprint density at radius 1 is 0.935 bits per heavy atom. The van der Waals surface area contributed by atoms with Gasteiger partial charge in [-0.15, -0.1) is 0 Å². The lowest BCUT2D eigenvalue weighted by Gasteiger charge is -2.35. The molecule has 0 radical (unpaired) electrons. The Morgan fingerprint density at radius 2 is 1.58 bits per heavy atom. The van der Waals surface area contributed by atoms with Crippen LogP contribution in [0.3, 0.4) is 0 Å². The normalized spacial score (nSPS) is 19.7. The van der Waals surface area contributed by atoms with Crippen molar-refractivity contribution in [2.45, 2.75) is 26.8 Å². The van der Waals surface area contributed by atoms with Gasteiger partial charge in [0.1, 0.15) is 10.8 Å². The van der Waals surface area contributed by atoms with E-state index in [1.807, 2.05) is 53.2 Å². The number of nitrogens with zero attached hydrogens (tertiary/aromatic N) is 4. The third kappa shape index (κ3) is 4.10. The summed E-state index contributed by atoms with van der Waals surface area (Å²) in [7, 11) is 0. The molecule has 1 aliphatic rings. The van der Waals surface area contributed by atoms with Crippen LogP contribution in [0.4, 0.5) is 0 Å². The number of aromatic nitrogens is 3. The molecule has 0 N–H and O–H groups in total. The van der Waals surface area contributed by atoms with Crippen LogP contribution in [0.5, 0.6) is 0 Å². The van der Waals surface area contributed by atoms with E-state index in [4.69, 9.17) is 21.7 Å². The third-order valence-corrected chi connectivity index (χ3v) is 6.40. The van der Waals surface area contributed by atoms with Crippen molar-refractivity contribution in [2.75, 3.05) is 13.1 Å². The molecule has 158 valence electrons. The maximum Gasteiger partial charge on any atom is 0.165 e. The molecule has 0 aliphatic carbocycles. The Labute approximate surface area is 188 Å². The van der Waals surface area contributed by atoms with Crippen LogP contribution in [-0.2, 0) is 6.54 Å². The Hall–Kier alpha value is -2.69. The highest BCUT2D eigenvalue weighted by Crippen LogP contribution is 2.33. The van der Waals surface area contributed by atoms with Crippen molar-refractivity contribution in [1.82, 2.24) is 19.7 Å². The average molecular weight is 431 g/mol. The lowest BCUT2D eigenvalue weighted by Crippen LogP contribution is -2.38. The van der Waals surface area contributed by atoms with Crippen LogP contribution in [0.25, 0.3) is 28.0 Å². The first kappa shape index (κ1) is 20.2. The molecule has 2 aromatic heterocycles. The number of rotatable bonds is 4. The maximum absolute atomic E-state index is 6.73. The van der Waals surface area contributed by atoms with Crippen LogP contribution in [0.1, 0.15) is 25.8 Å². The monoisotopic (exact) mass is 430 g/mol. The van der Waals surface area contributed by atoms with Gasteiger partial charge in [0.2, 0.25) is 0 Å². The van der Waals surface area contributed by atoms with Crippen molar-refractivity contribution in [1.29, 1.82) is 0 Å². The lowest BCUT2D eigenvalue weighted by atomic mass is 9.91. The van der Waals surface area contributed by atoms with Gasteiger partial charge in [0.25, 0.3) is 0 Å². The molecule has 1 aliphatic heterocycles. The van der Waals surface area contributed by atoms with E-state index in [0.717, 1.165) is 53.2 Å². The van der Waals surface area contributed by atoms with Crippen LogP contribution < -0.4 is 0 Å². The number of fused-ring (bicyclic) bond motifs is 1. The zero-order valence-corrected chi connectivity index (χ0v) is 18.8. The first-order valence-electron chi connectivity index (χ1n) is 11.0. The summed E-state index contributed by atoms with van der Waals surface area (Å²) in [5.41, 5.74) is 4.85. The van der Waals surface area contributed by atoms with Gasteiger partial charge in [0.05, 0.1) is 5.69 Å². The van der Waals surface area contributed by atoms with Crippen molar-refractivity contribution < 1.29 is 0 Å². The minimum absolute atomic E-state index is 0.565. The van der Waals surface area contributed by atoms with Crippen molar-refractivity contribution in [3.8, 4) is 16.9 Å². The average Bonchev–Trinajstić information content (AvgIpc) is 3.13. The fraction of sp³-hybridized carbons (Fsp3) is 0.308. The van der Waals surface area contributed by atoms with Gasteiger partial charge < -0.3 is 0 Å². The summed E-state index contributed by atoms with van der Waals surface area (Å²) in [5, 5.41) is 6.56. The molecule has 0 bridgehead atoms. The second-order valence-corrected chi connectivity index (χ2v) is 9.27. The van der Waals surface area contributed by atoms with Crippen molar-refractivity contribution in [3.05, 3.63) is 77.4 Å². The van der Waals surface area contributed by atoms with Crippen molar-refractivity contribution in [3.63, 3.8) is 0 Å². The zero-order chi connectivity index (χ0) is 21.4. The number of piperidine rings is 1. The smallest absolute Gasteiger partial charge is 0.165 e. The highest BCUT2D eigenvalue weighted by atomic mass is 35.5. The first-order valence-corrected chi connectivity index (χ1v) is 11.4. The largest absolute Gasteiger partial charge is 0.298 e. The number of benzene rings is 2. The number of para-hydroxylation sites is 1. The molecule has 5 rings (SSSR count). The molecule has 2 aromatic carbocycles. The second kappa shape index (κ2) is 8.45. The Balaban J connectivity index is 1.63. The summed E-state index contributed by atoms with van der Waals surface area (Å²) < 4.78 is 1.90. The molecule has 3 heterocycles. The highest BCUT2D eigenvalue weighted by molar-refractivity contribution is 6.30. The van der Waals surface area contributed by atoms with Gasteiger partial charge in [0, 0.05) is 36.1 Å². The Morgan fingerprint density at radius 3 is 2.26 bits per heavy atom. The molecule has 0 unspecified atom stereocenters. The number of hydrogen-bond acceptors (Lipinski definition) is 3. The van der Waals surface area contributed by atoms with E-state index < -0.39 is 0 Å². The number of likely N-dealkylation sites (tertiary alicyclic amines) is 1. The van der Waals surface area contributed by atoms with E-state index in [-0.39, 0.29) is 0 Å².